The first-order chi connectivity index (χ1) is 11.6. The molecule has 0 aromatic rings. The summed E-state index contributed by atoms with van der Waals surface area (Å²) in [6, 6.07) is 0. The van der Waals surface area contributed by atoms with Crippen LogP contribution in [0.5, 0.6) is 0 Å². The Balaban J connectivity index is 3.18. The molecular formula is C15H22O9S. The molecule has 1 aliphatic heterocycles. The van der Waals surface area contributed by atoms with Crippen LogP contribution in [0.3, 0.4) is 0 Å². The molecule has 0 unspecified atom stereocenters. The number of thioether (sulfide) groups is 1. The summed E-state index contributed by atoms with van der Waals surface area (Å²) in [4.78, 5) is 45.5. The molecule has 1 rings (SSSR count). The number of esters is 4. The topological polar surface area (TPSA) is 114 Å². The summed E-state index contributed by atoms with van der Waals surface area (Å²) in [5.74, 6) is -2.45. The van der Waals surface area contributed by atoms with Crippen molar-refractivity contribution in [3.05, 3.63) is 0 Å². The smallest absolute Gasteiger partial charge is 0.303 e. The Kier molecular flexibility index (Phi) is 8.17. The van der Waals surface area contributed by atoms with Gasteiger partial charge in [0.25, 0.3) is 0 Å². The average molecular weight is 378 g/mol. The fourth-order valence-corrected chi connectivity index (χ4v) is 3.11. The zero-order valence-electron chi connectivity index (χ0n) is 14.7. The quantitative estimate of drug-likeness (QED) is 0.476. The minimum atomic E-state index is -1.10. The molecule has 9 nitrogen and oxygen atoms in total. The first-order valence-electron chi connectivity index (χ1n) is 7.49. The fourth-order valence-electron chi connectivity index (χ4n) is 2.38. The van der Waals surface area contributed by atoms with Crippen LogP contribution >= 0.6 is 11.8 Å². The number of rotatable bonds is 6. The van der Waals surface area contributed by atoms with Gasteiger partial charge in [0, 0.05) is 27.7 Å². The fraction of sp³-hybridized carbons (Fsp3) is 0.733. The second kappa shape index (κ2) is 9.62. The molecule has 0 N–H and O–H groups in total. The van der Waals surface area contributed by atoms with Crippen LogP contribution in [0.25, 0.3) is 0 Å². The average Bonchev–Trinajstić information content (AvgIpc) is 2.48. The normalized spacial score (nSPS) is 28.6. The van der Waals surface area contributed by atoms with Crippen molar-refractivity contribution in [2.24, 2.45) is 0 Å². The van der Waals surface area contributed by atoms with Crippen molar-refractivity contribution in [3.63, 3.8) is 0 Å². The molecule has 1 saturated heterocycles. The summed E-state index contributed by atoms with van der Waals surface area (Å²) in [5, 5.41) is 0. The predicted molar refractivity (Wildman–Crippen MR) is 85.5 cm³/mol. The lowest BCUT2D eigenvalue weighted by atomic mass is 9.99. The Morgan fingerprint density at radius 2 is 1.28 bits per heavy atom. The molecule has 0 saturated carbocycles. The van der Waals surface area contributed by atoms with Crippen molar-refractivity contribution in [2.75, 3.05) is 12.9 Å². The Morgan fingerprint density at radius 3 is 1.72 bits per heavy atom. The molecule has 142 valence electrons. The molecule has 10 heteroatoms. The first-order valence-corrected chi connectivity index (χ1v) is 8.77. The highest BCUT2D eigenvalue weighted by Crippen LogP contribution is 2.33. The van der Waals surface area contributed by atoms with Gasteiger partial charge >= 0.3 is 23.9 Å². The van der Waals surface area contributed by atoms with Crippen molar-refractivity contribution >= 4 is 35.6 Å². The second-order valence-corrected chi connectivity index (χ2v) is 6.24. The minimum Gasteiger partial charge on any atom is -0.463 e. The van der Waals surface area contributed by atoms with Gasteiger partial charge in [0.2, 0.25) is 0 Å². The van der Waals surface area contributed by atoms with Gasteiger partial charge in [-0.25, -0.2) is 0 Å². The molecule has 0 spiro atoms. The van der Waals surface area contributed by atoms with Crippen molar-refractivity contribution in [1.29, 1.82) is 0 Å². The number of carbonyl (C=O) groups is 4. The molecule has 0 radical (unpaired) electrons. The molecule has 0 amide bonds. The molecule has 5 atom stereocenters. The van der Waals surface area contributed by atoms with Crippen LogP contribution in [-0.4, -0.2) is 66.6 Å². The largest absolute Gasteiger partial charge is 0.463 e. The third kappa shape index (κ3) is 6.54. The lowest BCUT2D eigenvalue weighted by Crippen LogP contribution is -2.61. The summed E-state index contributed by atoms with van der Waals surface area (Å²) in [6.45, 7) is 4.57. The zero-order valence-corrected chi connectivity index (χ0v) is 15.5. The van der Waals surface area contributed by atoms with Gasteiger partial charge in [0.05, 0.1) is 0 Å². The molecule has 25 heavy (non-hydrogen) atoms. The van der Waals surface area contributed by atoms with E-state index in [0.717, 1.165) is 0 Å². The van der Waals surface area contributed by atoms with Crippen LogP contribution < -0.4 is 0 Å². The van der Waals surface area contributed by atoms with Gasteiger partial charge < -0.3 is 23.7 Å². The summed E-state index contributed by atoms with van der Waals surface area (Å²) in [5.41, 5.74) is -0.708. The highest BCUT2D eigenvalue weighted by atomic mass is 32.2. The van der Waals surface area contributed by atoms with Gasteiger partial charge in [-0.05, 0) is 6.26 Å². The van der Waals surface area contributed by atoms with Gasteiger partial charge in [-0.3, -0.25) is 19.2 Å². The standard InChI is InChI=1S/C15H22O9S/c1-7(16)20-6-11-12(21-8(2)17)13(22-9(3)18)14(23-10(4)19)15(24-11)25-5/h11-15H,6H2,1-5H3/t11-,12+,13+,14-,15-/m1/s1. The van der Waals surface area contributed by atoms with E-state index in [1.54, 1.807) is 6.26 Å². The summed E-state index contributed by atoms with van der Waals surface area (Å²) < 4.78 is 26.4. The van der Waals surface area contributed by atoms with E-state index in [2.05, 4.69) is 0 Å². The Hall–Kier alpha value is -1.81. The molecule has 1 aliphatic rings. The molecule has 0 aromatic heterocycles. The van der Waals surface area contributed by atoms with E-state index in [4.69, 9.17) is 23.7 Å². The van der Waals surface area contributed by atoms with E-state index in [-0.39, 0.29) is 6.61 Å². The van der Waals surface area contributed by atoms with Gasteiger partial charge in [-0.1, -0.05) is 0 Å². The highest BCUT2D eigenvalue weighted by molar-refractivity contribution is 7.99. The van der Waals surface area contributed by atoms with Gasteiger partial charge in [-0.2, -0.15) is 0 Å². The number of hydrogen-bond donors (Lipinski definition) is 0. The maximum Gasteiger partial charge on any atom is 0.303 e. The maximum absolute atomic E-state index is 11.5. The highest BCUT2D eigenvalue weighted by Gasteiger charge is 2.51. The maximum atomic E-state index is 11.5. The molecular weight excluding hydrogens is 356 g/mol. The molecule has 0 aromatic carbocycles. The van der Waals surface area contributed by atoms with E-state index < -0.39 is 53.7 Å². The minimum absolute atomic E-state index is 0.213. The van der Waals surface area contributed by atoms with E-state index in [1.807, 2.05) is 0 Å². The van der Waals surface area contributed by atoms with Crippen LogP contribution in [0.15, 0.2) is 0 Å². The molecule has 0 aliphatic carbocycles. The van der Waals surface area contributed by atoms with Crippen LogP contribution in [0.4, 0.5) is 0 Å². The monoisotopic (exact) mass is 378 g/mol. The van der Waals surface area contributed by atoms with E-state index in [1.165, 1.54) is 39.5 Å². The van der Waals surface area contributed by atoms with Crippen molar-refractivity contribution in [3.8, 4) is 0 Å². The number of hydrogen-bond acceptors (Lipinski definition) is 10. The van der Waals surface area contributed by atoms with Crippen LogP contribution in [0.2, 0.25) is 0 Å². The Morgan fingerprint density at radius 1 is 0.800 bits per heavy atom. The predicted octanol–water partition coefficient (Wildman–Crippen LogP) is 0.432. The van der Waals surface area contributed by atoms with Gasteiger partial charge in [0.15, 0.2) is 18.3 Å². The SMILES string of the molecule is CS[C@H]1O[C@H](COC(C)=O)[C@H](OC(C)=O)[C@H](OC(C)=O)[C@H]1OC(C)=O. The third-order valence-electron chi connectivity index (χ3n) is 3.18. The first kappa shape index (κ1) is 21.2. The van der Waals surface area contributed by atoms with E-state index >= 15 is 0 Å². The number of ether oxygens (including phenoxy) is 5. The Labute approximate surface area is 149 Å². The van der Waals surface area contributed by atoms with Crippen LogP contribution in [0.1, 0.15) is 27.7 Å². The summed E-state index contributed by atoms with van der Waals surface area (Å²) in [7, 11) is 0. The van der Waals surface area contributed by atoms with E-state index in [9.17, 15) is 19.2 Å². The zero-order chi connectivity index (χ0) is 19.1. The Bertz CT molecular complexity index is 521. The van der Waals surface area contributed by atoms with Gasteiger partial charge in [-0.15, -0.1) is 11.8 Å². The lowest BCUT2D eigenvalue weighted by Gasteiger charge is -2.43. The van der Waals surface area contributed by atoms with Crippen molar-refractivity contribution in [2.45, 2.75) is 57.5 Å². The second-order valence-electron chi connectivity index (χ2n) is 5.30. The van der Waals surface area contributed by atoms with E-state index in [0.29, 0.717) is 0 Å². The third-order valence-corrected chi connectivity index (χ3v) is 4.02. The molecule has 0 bridgehead atoms. The van der Waals surface area contributed by atoms with Gasteiger partial charge in [0.1, 0.15) is 18.1 Å². The summed E-state index contributed by atoms with van der Waals surface area (Å²) in [6.07, 6.45) is -2.37. The summed E-state index contributed by atoms with van der Waals surface area (Å²) >= 11 is 1.21. The van der Waals surface area contributed by atoms with Crippen LogP contribution in [-0.2, 0) is 42.9 Å². The van der Waals surface area contributed by atoms with Crippen molar-refractivity contribution in [1.82, 2.24) is 0 Å². The molecule has 1 fully saturated rings. The lowest BCUT2D eigenvalue weighted by molar-refractivity contribution is -0.237. The number of carbonyl (C=O) groups excluding carboxylic acids is 4. The van der Waals surface area contributed by atoms with Crippen LogP contribution in [0, 0.1) is 0 Å². The molecule has 1 heterocycles. The van der Waals surface area contributed by atoms with Crippen molar-refractivity contribution < 1.29 is 42.9 Å².